The quantitative estimate of drug-likeness (QED) is 0.557. The summed E-state index contributed by atoms with van der Waals surface area (Å²) in [6.07, 6.45) is 1.42. The van der Waals surface area contributed by atoms with E-state index in [1.807, 2.05) is 24.3 Å². The molecule has 0 aromatic heterocycles. The lowest BCUT2D eigenvalue weighted by Crippen LogP contribution is -2.49. The van der Waals surface area contributed by atoms with Crippen molar-refractivity contribution in [2.75, 3.05) is 39.5 Å². The van der Waals surface area contributed by atoms with Gasteiger partial charge >= 0.3 is 0 Å². The van der Waals surface area contributed by atoms with E-state index >= 15 is 0 Å². The molecule has 1 aromatic rings. The Labute approximate surface area is 159 Å². The number of hydrogen-bond acceptors (Lipinski definition) is 4. The topological polar surface area (TPSA) is 69.7 Å². The normalized spacial score (nSPS) is 19.1. The highest BCUT2D eigenvalue weighted by molar-refractivity contribution is 7.99. The van der Waals surface area contributed by atoms with E-state index in [-0.39, 0.29) is 18.4 Å². The Kier molecular flexibility index (Phi) is 7.57. The molecule has 0 bridgehead atoms. The summed E-state index contributed by atoms with van der Waals surface area (Å²) in [6, 6.07) is 7.56. The number of carbonyl (C=O) groups excluding carboxylic acids is 1. The van der Waals surface area contributed by atoms with Gasteiger partial charge in [-0.15, -0.1) is 11.8 Å². The molecule has 1 amide bonds. The summed E-state index contributed by atoms with van der Waals surface area (Å²) in [4.78, 5) is 13.4. The highest BCUT2D eigenvalue weighted by Gasteiger charge is 2.33. The second kappa shape index (κ2) is 9.23. The van der Waals surface area contributed by atoms with Gasteiger partial charge in [-0.1, -0.05) is 11.6 Å². The van der Waals surface area contributed by atoms with Gasteiger partial charge in [0.05, 0.1) is 5.92 Å². The predicted molar refractivity (Wildman–Crippen MR) is 102 cm³/mol. The second-order valence-electron chi connectivity index (χ2n) is 6.08. The van der Waals surface area contributed by atoms with Gasteiger partial charge in [-0.05, 0) is 37.1 Å². The van der Waals surface area contributed by atoms with Crippen molar-refractivity contribution in [3.8, 4) is 0 Å². The summed E-state index contributed by atoms with van der Waals surface area (Å²) in [5, 5.41) is 3.62. The maximum absolute atomic E-state index is 12.3. The van der Waals surface area contributed by atoms with Crippen LogP contribution in [0.2, 0.25) is 5.02 Å². The Morgan fingerprint density at radius 1 is 1.36 bits per heavy atom. The summed E-state index contributed by atoms with van der Waals surface area (Å²) < 4.78 is 27.0. The first kappa shape index (κ1) is 20.5. The molecule has 1 N–H and O–H groups in total. The minimum absolute atomic E-state index is 0.0737. The van der Waals surface area contributed by atoms with Gasteiger partial charge in [0.2, 0.25) is 5.91 Å². The molecule has 0 radical (unpaired) electrons. The van der Waals surface area contributed by atoms with Crippen molar-refractivity contribution in [3.63, 3.8) is 0 Å². The fourth-order valence-corrected chi connectivity index (χ4v) is 4.70. The highest BCUT2D eigenvalue weighted by atomic mass is 35.5. The van der Waals surface area contributed by atoms with Crippen LogP contribution in [0.1, 0.15) is 12.8 Å². The Hall–Kier alpha value is -0.800. The third-order valence-corrected chi connectivity index (χ3v) is 7.20. The smallest absolute Gasteiger partial charge is 0.281 e. The van der Waals surface area contributed by atoms with Crippen molar-refractivity contribution in [1.82, 2.24) is 13.9 Å². The number of nitrogens with zero attached hydrogens (tertiary/aromatic N) is 2. The fraction of sp³-hybridized carbons (Fsp3) is 0.562. The zero-order valence-corrected chi connectivity index (χ0v) is 16.8. The van der Waals surface area contributed by atoms with Crippen molar-refractivity contribution >= 4 is 39.5 Å². The van der Waals surface area contributed by atoms with Crippen LogP contribution in [0.3, 0.4) is 0 Å². The van der Waals surface area contributed by atoms with E-state index in [0.717, 1.165) is 17.1 Å². The summed E-state index contributed by atoms with van der Waals surface area (Å²) >= 11 is 7.49. The number of carbonyl (C=O) groups is 1. The molecule has 9 heteroatoms. The number of piperidine rings is 1. The lowest BCUT2D eigenvalue weighted by atomic mass is 9.99. The minimum atomic E-state index is -3.46. The number of thioether (sulfide) groups is 1. The van der Waals surface area contributed by atoms with Crippen molar-refractivity contribution in [2.45, 2.75) is 17.7 Å². The number of hydrogen-bond donors (Lipinski definition) is 1. The van der Waals surface area contributed by atoms with Crippen LogP contribution in [-0.2, 0) is 15.0 Å². The van der Waals surface area contributed by atoms with Gasteiger partial charge in [0, 0.05) is 49.4 Å². The zero-order chi connectivity index (χ0) is 18.4. The Morgan fingerprint density at radius 2 is 2.04 bits per heavy atom. The zero-order valence-electron chi connectivity index (χ0n) is 14.4. The van der Waals surface area contributed by atoms with Crippen molar-refractivity contribution in [3.05, 3.63) is 29.3 Å². The number of halogens is 1. The molecule has 0 saturated carbocycles. The molecule has 2 rings (SSSR count). The fourth-order valence-electron chi connectivity index (χ4n) is 2.62. The van der Waals surface area contributed by atoms with Gasteiger partial charge in [-0.3, -0.25) is 4.79 Å². The van der Waals surface area contributed by atoms with Gasteiger partial charge in [-0.2, -0.15) is 17.0 Å². The third kappa shape index (κ3) is 5.86. The van der Waals surface area contributed by atoms with Crippen LogP contribution >= 0.6 is 23.4 Å². The van der Waals surface area contributed by atoms with Crippen LogP contribution in [0.25, 0.3) is 0 Å². The lowest BCUT2D eigenvalue weighted by Gasteiger charge is -2.32. The van der Waals surface area contributed by atoms with Gasteiger partial charge in [0.25, 0.3) is 10.2 Å². The molecule has 0 unspecified atom stereocenters. The highest BCUT2D eigenvalue weighted by Crippen LogP contribution is 2.21. The van der Waals surface area contributed by atoms with E-state index in [1.165, 1.54) is 22.7 Å². The third-order valence-electron chi connectivity index (χ3n) is 4.03. The van der Waals surface area contributed by atoms with Gasteiger partial charge in [0.1, 0.15) is 0 Å². The molecule has 1 aliphatic heterocycles. The standard InChI is InChI=1S/C16H24ClN3O3S2/c1-19(2)25(22,23)20-10-3-4-13(12-20)16(21)18-9-11-24-15-7-5-14(17)6-8-15/h5-8,13H,3-4,9-12H2,1-2H3,(H,18,21)/t13-/m1/s1. The maximum Gasteiger partial charge on any atom is 0.281 e. The summed E-state index contributed by atoms with van der Waals surface area (Å²) in [7, 11) is -0.445. The monoisotopic (exact) mass is 405 g/mol. The largest absolute Gasteiger partial charge is 0.355 e. The van der Waals surface area contributed by atoms with Crippen molar-refractivity contribution in [2.24, 2.45) is 5.92 Å². The van der Waals surface area contributed by atoms with E-state index in [9.17, 15) is 13.2 Å². The van der Waals surface area contributed by atoms with Gasteiger partial charge < -0.3 is 5.32 Å². The molecule has 1 aliphatic rings. The van der Waals surface area contributed by atoms with E-state index in [1.54, 1.807) is 11.8 Å². The van der Waals surface area contributed by atoms with Gasteiger partial charge in [-0.25, -0.2) is 0 Å². The first-order chi connectivity index (χ1) is 11.8. The van der Waals surface area contributed by atoms with Crippen LogP contribution in [0.15, 0.2) is 29.2 Å². The van der Waals surface area contributed by atoms with Crippen molar-refractivity contribution in [1.29, 1.82) is 0 Å². The molecule has 0 spiro atoms. The number of benzene rings is 1. The van der Waals surface area contributed by atoms with Gasteiger partial charge in [0.15, 0.2) is 0 Å². The average molecular weight is 406 g/mol. The van der Waals surface area contributed by atoms with Crippen LogP contribution in [0.5, 0.6) is 0 Å². The maximum atomic E-state index is 12.3. The first-order valence-corrected chi connectivity index (χ1v) is 10.9. The lowest BCUT2D eigenvalue weighted by molar-refractivity contribution is -0.125. The van der Waals surface area contributed by atoms with E-state index in [2.05, 4.69) is 5.32 Å². The van der Waals surface area contributed by atoms with Crippen LogP contribution in [-0.4, -0.2) is 62.4 Å². The number of nitrogens with one attached hydrogen (secondary N) is 1. The molecule has 1 saturated heterocycles. The summed E-state index contributed by atoms with van der Waals surface area (Å²) in [6.45, 7) is 1.26. The number of rotatable bonds is 7. The minimum Gasteiger partial charge on any atom is -0.355 e. The van der Waals surface area contributed by atoms with Crippen molar-refractivity contribution < 1.29 is 13.2 Å². The Bertz CT molecular complexity index is 680. The molecule has 1 heterocycles. The second-order valence-corrected chi connectivity index (χ2v) is 9.83. The van der Waals surface area contributed by atoms with Crippen LogP contribution < -0.4 is 5.32 Å². The Morgan fingerprint density at radius 3 is 2.68 bits per heavy atom. The van der Waals surface area contributed by atoms with Crippen LogP contribution in [0, 0.1) is 5.92 Å². The van der Waals surface area contributed by atoms with Crippen LogP contribution in [0.4, 0.5) is 0 Å². The van der Waals surface area contributed by atoms with E-state index in [4.69, 9.17) is 11.6 Å². The summed E-state index contributed by atoms with van der Waals surface area (Å²) in [5.74, 6) is 0.388. The molecule has 6 nitrogen and oxygen atoms in total. The predicted octanol–water partition coefficient (Wildman–Crippen LogP) is 2.07. The SMILES string of the molecule is CN(C)S(=O)(=O)N1CCC[C@@H](C(=O)NCCSc2ccc(Cl)cc2)C1. The Balaban J connectivity index is 1.77. The number of amides is 1. The molecule has 1 aromatic carbocycles. The molecule has 1 fully saturated rings. The first-order valence-electron chi connectivity index (χ1n) is 8.14. The van der Waals surface area contributed by atoms with E-state index < -0.39 is 10.2 Å². The molecule has 1 atom stereocenters. The average Bonchev–Trinajstić information content (AvgIpc) is 2.60. The molecule has 0 aliphatic carbocycles. The molecular weight excluding hydrogens is 382 g/mol. The molecule has 140 valence electrons. The molecule has 25 heavy (non-hydrogen) atoms. The molecular formula is C16H24ClN3O3S2. The van der Waals surface area contributed by atoms with E-state index in [0.29, 0.717) is 24.5 Å². The summed E-state index contributed by atoms with van der Waals surface area (Å²) in [5.41, 5.74) is 0.